The van der Waals surface area contributed by atoms with Crippen LogP contribution >= 0.6 is 15.9 Å². The standard InChI is InChI=1S/C20H18BrN3O4/c1-28-19(26)10-17(13-6-8-14(21)9-7-13)23-18(25)11-24-12-22-16-5-3-2-4-15(16)20(24)27/h2-9,12,17H,10-11H2,1H3,(H,23,25). The number of ether oxygens (including phenoxy) is 1. The number of benzene rings is 2. The molecule has 1 amide bonds. The van der Waals surface area contributed by atoms with Gasteiger partial charge in [0.15, 0.2) is 0 Å². The summed E-state index contributed by atoms with van der Waals surface area (Å²) in [5.74, 6) is -0.853. The van der Waals surface area contributed by atoms with Crippen LogP contribution in [-0.4, -0.2) is 28.5 Å². The summed E-state index contributed by atoms with van der Waals surface area (Å²) in [5.41, 5.74) is 1.03. The minimum atomic E-state index is -0.572. The van der Waals surface area contributed by atoms with Crippen molar-refractivity contribution in [2.45, 2.75) is 19.0 Å². The zero-order valence-corrected chi connectivity index (χ0v) is 16.7. The lowest BCUT2D eigenvalue weighted by molar-refractivity contribution is -0.141. The summed E-state index contributed by atoms with van der Waals surface area (Å²) in [5, 5.41) is 3.24. The van der Waals surface area contributed by atoms with Crippen LogP contribution in [0.4, 0.5) is 0 Å². The van der Waals surface area contributed by atoms with Gasteiger partial charge in [-0.3, -0.25) is 19.0 Å². The number of carbonyl (C=O) groups excluding carboxylic acids is 2. The van der Waals surface area contributed by atoms with Crippen molar-refractivity contribution in [3.8, 4) is 0 Å². The molecule has 0 saturated carbocycles. The molecule has 1 aromatic heterocycles. The molecule has 0 aliphatic rings. The average molecular weight is 444 g/mol. The molecule has 1 N–H and O–H groups in total. The lowest BCUT2D eigenvalue weighted by atomic mass is 10.0. The Hall–Kier alpha value is -3.00. The topological polar surface area (TPSA) is 90.3 Å². The number of nitrogens with one attached hydrogen (secondary N) is 1. The molecule has 8 heteroatoms. The Balaban J connectivity index is 1.80. The van der Waals surface area contributed by atoms with Gasteiger partial charge in [0, 0.05) is 4.47 Å². The van der Waals surface area contributed by atoms with E-state index in [0.717, 1.165) is 10.0 Å². The van der Waals surface area contributed by atoms with Gasteiger partial charge in [0.1, 0.15) is 6.54 Å². The number of rotatable bonds is 6. The van der Waals surface area contributed by atoms with Crippen LogP contribution in [0.2, 0.25) is 0 Å². The zero-order valence-electron chi connectivity index (χ0n) is 15.1. The van der Waals surface area contributed by atoms with Crippen molar-refractivity contribution in [1.29, 1.82) is 0 Å². The van der Waals surface area contributed by atoms with Gasteiger partial charge in [-0.1, -0.05) is 40.2 Å². The molecule has 0 spiro atoms. The van der Waals surface area contributed by atoms with E-state index in [1.165, 1.54) is 18.0 Å². The minimum Gasteiger partial charge on any atom is -0.469 e. The van der Waals surface area contributed by atoms with E-state index in [2.05, 4.69) is 26.2 Å². The SMILES string of the molecule is COC(=O)CC(NC(=O)Cn1cnc2ccccc2c1=O)c1ccc(Br)cc1. The monoisotopic (exact) mass is 443 g/mol. The number of aromatic nitrogens is 2. The molecule has 1 atom stereocenters. The number of halogens is 1. The first-order chi connectivity index (χ1) is 13.5. The number of esters is 1. The fourth-order valence-electron chi connectivity index (χ4n) is 2.81. The minimum absolute atomic E-state index is 0.0191. The summed E-state index contributed by atoms with van der Waals surface area (Å²) < 4.78 is 6.86. The van der Waals surface area contributed by atoms with Gasteiger partial charge in [-0.05, 0) is 29.8 Å². The van der Waals surface area contributed by atoms with E-state index in [1.54, 1.807) is 24.3 Å². The number of nitrogens with zero attached hydrogens (tertiary/aromatic N) is 2. The van der Waals surface area contributed by atoms with Gasteiger partial charge in [-0.2, -0.15) is 0 Å². The largest absolute Gasteiger partial charge is 0.469 e. The number of hydrogen-bond donors (Lipinski definition) is 1. The summed E-state index contributed by atoms with van der Waals surface area (Å²) in [6, 6.07) is 13.6. The van der Waals surface area contributed by atoms with Gasteiger partial charge in [0.05, 0.1) is 36.8 Å². The number of para-hydroxylation sites is 1. The Kier molecular flexibility index (Phi) is 6.20. The summed E-state index contributed by atoms with van der Waals surface area (Å²) in [4.78, 5) is 41.1. The second-order valence-corrected chi connectivity index (χ2v) is 7.06. The van der Waals surface area contributed by atoms with Crippen molar-refractivity contribution in [3.63, 3.8) is 0 Å². The highest BCUT2D eigenvalue weighted by atomic mass is 79.9. The van der Waals surface area contributed by atoms with E-state index in [0.29, 0.717) is 10.9 Å². The highest BCUT2D eigenvalue weighted by Crippen LogP contribution is 2.20. The molecule has 3 rings (SSSR count). The first-order valence-electron chi connectivity index (χ1n) is 8.53. The second kappa shape index (κ2) is 8.79. The van der Waals surface area contributed by atoms with Gasteiger partial charge in [0.2, 0.25) is 5.91 Å². The summed E-state index contributed by atoms with van der Waals surface area (Å²) >= 11 is 3.36. The molecule has 0 saturated heterocycles. The molecule has 7 nitrogen and oxygen atoms in total. The third kappa shape index (κ3) is 4.64. The van der Waals surface area contributed by atoms with Crippen molar-refractivity contribution in [1.82, 2.24) is 14.9 Å². The first kappa shape index (κ1) is 19.8. The van der Waals surface area contributed by atoms with Gasteiger partial charge in [0.25, 0.3) is 5.56 Å². The molecular formula is C20H18BrN3O4. The van der Waals surface area contributed by atoms with E-state index >= 15 is 0 Å². The molecule has 1 heterocycles. The predicted molar refractivity (Wildman–Crippen MR) is 108 cm³/mol. The number of fused-ring (bicyclic) bond motifs is 1. The van der Waals surface area contributed by atoms with Crippen molar-refractivity contribution in [2.24, 2.45) is 0 Å². The van der Waals surface area contributed by atoms with Crippen LogP contribution in [0.1, 0.15) is 18.0 Å². The van der Waals surface area contributed by atoms with Crippen LogP contribution in [-0.2, 0) is 20.9 Å². The molecule has 1 unspecified atom stereocenters. The molecule has 0 radical (unpaired) electrons. The molecule has 28 heavy (non-hydrogen) atoms. The second-order valence-electron chi connectivity index (χ2n) is 6.15. The highest BCUT2D eigenvalue weighted by Gasteiger charge is 2.19. The molecule has 0 aliphatic heterocycles. The third-order valence-corrected chi connectivity index (χ3v) is 4.78. The Morgan fingerprint density at radius 2 is 1.89 bits per heavy atom. The van der Waals surface area contributed by atoms with E-state index in [4.69, 9.17) is 4.74 Å². The van der Waals surface area contributed by atoms with Crippen LogP contribution in [0.5, 0.6) is 0 Å². The quantitative estimate of drug-likeness (QED) is 0.591. The van der Waals surface area contributed by atoms with Gasteiger partial charge < -0.3 is 10.1 Å². The third-order valence-electron chi connectivity index (χ3n) is 4.25. The number of carbonyl (C=O) groups is 2. The molecule has 2 aromatic carbocycles. The van der Waals surface area contributed by atoms with Crippen LogP contribution in [0.15, 0.2) is 64.1 Å². The van der Waals surface area contributed by atoms with Crippen LogP contribution in [0.25, 0.3) is 10.9 Å². The Morgan fingerprint density at radius 1 is 1.18 bits per heavy atom. The maximum absolute atomic E-state index is 12.6. The normalized spacial score (nSPS) is 11.8. The summed E-state index contributed by atoms with van der Waals surface area (Å²) in [6.07, 6.45) is 1.33. The molecular weight excluding hydrogens is 426 g/mol. The zero-order chi connectivity index (χ0) is 20.1. The molecule has 144 valence electrons. The maximum atomic E-state index is 12.6. The van der Waals surface area contributed by atoms with Crippen molar-refractivity contribution in [2.75, 3.05) is 7.11 Å². The molecule has 0 aliphatic carbocycles. The Bertz CT molecular complexity index is 1060. The Morgan fingerprint density at radius 3 is 2.61 bits per heavy atom. The molecule has 0 fully saturated rings. The lowest BCUT2D eigenvalue weighted by Gasteiger charge is -2.19. The number of hydrogen-bond acceptors (Lipinski definition) is 5. The fraction of sp³-hybridized carbons (Fsp3) is 0.200. The van der Waals surface area contributed by atoms with Crippen LogP contribution in [0.3, 0.4) is 0 Å². The van der Waals surface area contributed by atoms with E-state index in [1.807, 2.05) is 24.3 Å². The van der Waals surface area contributed by atoms with Gasteiger partial charge in [-0.15, -0.1) is 0 Å². The van der Waals surface area contributed by atoms with Gasteiger partial charge in [-0.25, -0.2) is 4.98 Å². The van der Waals surface area contributed by atoms with E-state index < -0.39 is 17.9 Å². The van der Waals surface area contributed by atoms with E-state index in [-0.39, 0.29) is 18.5 Å². The highest BCUT2D eigenvalue weighted by molar-refractivity contribution is 9.10. The first-order valence-corrected chi connectivity index (χ1v) is 9.33. The molecule has 3 aromatic rings. The van der Waals surface area contributed by atoms with Crippen molar-refractivity contribution in [3.05, 3.63) is 75.2 Å². The molecule has 0 bridgehead atoms. The average Bonchev–Trinajstić information content (AvgIpc) is 2.70. The Labute approximate surface area is 169 Å². The smallest absolute Gasteiger partial charge is 0.307 e. The predicted octanol–water partition coefficient (Wildman–Crippen LogP) is 2.58. The fourth-order valence-corrected chi connectivity index (χ4v) is 3.08. The maximum Gasteiger partial charge on any atom is 0.307 e. The van der Waals surface area contributed by atoms with E-state index in [9.17, 15) is 14.4 Å². The summed E-state index contributed by atoms with van der Waals surface area (Å²) in [7, 11) is 1.29. The van der Waals surface area contributed by atoms with Crippen LogP contribution < -0.4 is 10.9 Å². The summed E-state index contributed by atoms with van der Waals surface area (Å²) in [6.45, 7) is -0.204. The number of amides is 1. The van der Waals surface area contributed by atoms with Crippen LogP contribution in [0, 0.1) is 0 Å². The number of methoxy groups -OCH3 is 1. The lowest BCUT2D eigenvalue weighted by Crippen LogP contribution is -2.35. The van der Waals surface area contributed by atoms with Crippen molar-refractivity contribution < 1.29 is 14.3 Å². The van der Waals surface area contributed by atoms with Crippen molar-refractivity contribution >= 4 is 38.7 Å². The van der Waals surface area contributed by atoms with Gasteiger partial charge >= 0.3 is 5.97 Å².